The van der Waals surface area contributed by atoms with Crippen LogP contribution in [0.2, 0.25) is 0 Å². The van der Waals surface area contributed by atoms with Gasteiger partial charge in [0, 0.05) is 0 Å². The number of nitrogens with zero attached hydrogens (tertiary/aromatic N) is 2. The van der Waals surface area contributed by atoms with Crippen LogP contribution in [0.5, 0.6) is 0 Å². The number of alkyl halides is 3. The van der Waals surface area contributed by atoms with E-state index in [2.05, 4.69) is 9.59 Å². The Morgan fingerprint density at radius 1 is 1.59 bits per heavy atom. The van der Waals surface area contributed by atoms with Crippen LogP contribution < -0.4 is 5.32 Å². The summed E-state index contributed by atoms with van der Waals surface area (Å²) >= 11 is 0.805. The fraction of sp³-hybridized carbons (Fsp3) is 0.625. The summed E-state index contributed by atoms with van der Waals surface area (Å²) in [6.45, 7) is 0.863. The van der Waals surface area contributed by atoms with Crippen molar-refractivity contribution < 1.29 is 23.1 Å². The Hall–Kier alpha value is -1.22. The van der Waals surface area contributed by atoms with E-state index in [9.17, 15) is 18.0 Å². The molecule has 0 spiro atoms. The lowest BCUT2D eigenvalue weighted by Crippen LogP contribution is -2.40. The zero-order chi connectivity index (χ0) is 13.1. The van der Waals surface area contributed by atoms with Gasteiger partial charge in [-0.2, -0.15) is 13.2 Å². The number of aromatic nitrogens is 2. The van der Waals surface area contributed by atoms with Crippen LogP contribution in [0.1, 0.15) is 22.3 Å². The summed E-state index contributed by atoms with van der Waals surface area (Å²) in [4.78, 5) is 11.6. The quantitative estimate of drug-likeness (QED) is 0.846. The first-order chi connectivity index (χ1) is 7.86. The van der Waals surface area contributed by atoms with Gasteiger partial charge in [-0.25, -0.2) is 0 Å². The number of amides is 1. The third-order valence-corrected chi connectivity index (χ3v) is 2.70. The number of carbonyl (C=O) groups is 1. The number of rotatable bonds is 4. The van der Waals surface area contributed by atoms with E-state index in [-0.39, 0.29) is 4.88 Å². The molecule has 1 aromatic rings. The number of aliphatic hydroxyl groups is 1. The average Bonchev–Trinajstić information content (AvgIpc) is 2.71. The summed E-state index contributed by atoms with van der Waals surface area (Å²) in [5.41, 5.74) is 0.425. The highest BCUT2D eigenvalue weighted by Gasteiger charge is 2.38. The van der Waals surface area contributed by atoms with Crippen LogP contribution in [0.15, 0.2) is 0 Å². The molecule has 96 valence electrons. The minimum Gasteiger partial charge on any atom is -0.382 e. The van der Waals surface area contributed by atoms with Crippen molar-refractivity contribution in [3.05, 3.63) is 10.6 Å². The molecule has 1 amide bonds. The molecule has 0 aromatic carbocycles. The number of aryl methyl sites for hydroxylation is 1. The maximum atomic E-state index is 12.0. The van der Waals surface area contributed by atoms with Gasteiger partial charge in [0.15, 0.2) is 6.10 Å². The third kappa shape index (κ3) is 3.63. The lowest BCUT2D eigenvalue weighted by Gasteiger charge is -2.14. The van der Waals surface area contributed by atoms with Crippen LogP contribution in [0.4, 0.5) is 13.2 Å². The minimum absolute atomic E-state index is 0.168. The Balaban J connectivity index is 2.57. The van der Waals surface area contributed by atoms with Crippen molar-refractivity contribution in [3.63, 3.8) is 0 Å². The molecule has 1 heterocycles. The number of halogens is 3. The van der Waals surface area contributed by atoms with Gasteiger partial charge in [-0.05, 0) is 18.0 Å². The van der Waals surface area contributed by atoms with Gasteiger partial charge in [-0.3, -0.25) is 4.79 Å². The monoisotopic (exact) mass is 269 g/mol. The van der Waals surface area contributed by atoms with E-state index >= 15 is 0 Å². The highest BCUT2D eigenvalue weighted by molar-refractivity contribution is 7.08. The first-order valence-electron chi connectivity index (χ1n) is 4.70. The lowest BCUT2D eigenvalue weighted by atomic mass is 10.3. The summed E-state index contributed by atoms with van der Waals surface area (Å²) in [5, 5.41) is 14.3. The van der Waals surface area contributed by atoms with E-state index in [1.54, 1.807) is 6.92 Å². The molecule has 0 saturated carbocycles. The first-order valence-corrected chi connectivity index (χ1v) is 5.47. The van der Waals surface area contributed by atoms with Gasteiger partial charge in [0.05, 0.1) is 12.2 Å². The number of aliphatic hydroxyl groups excluding tert-OH is 1. The fourth-order valence-electron chi connectivity index (χ4n) is 0.998. The maximum Gasteiger partial charge on any atom is 0.416 e. The van der Waals surface area contributed by atoms with Crippen molar-refractivity contribution >= 4 is 17.4 Å². The van der Waals surface area contributed by atoms with Gasteiger partial charge in [0.25, 0.3) is 5.91 Å². The SMILES string of the molecule is CCc1nnsc1C(=O)NCC(O)C(F)(F)F. The average molecular weight is 269 g/mol. The highest BCUT2D eigenvalue weighted by atomic mass is 32.1. The second-order valence-corrected chi connectivity index (χ2v) is 3.92. The van der Waals surface area contributed by atoms with E-state index in [4.69, 9.17) is 5.11 Å². The number of hydrogen-bond donors (Lipinski definition) is 2. The summed E-state index contributed by atoms with van der Waals surface area (Å²) in [6.07, 6.45) is -6.86. The van der Waals surface area contributed by atoms with Crippen LogP contribution in [-0.4, -0.2) is 39.4 Å². The molecule has 0 saturated heterocycles. The standard InChI is InChI=1S/C8H10F3N3O2S/c1-2-4-6(17-14-13-4)7(16)12-3-5(15)8(9,10)11/h5,15H,2-3H2,1H3,(H,12,16). The van der Waals surface area contributed by atoms with Crippen LogP contribution in [0.25, 0.3) is 0 Å². The molecule has 0 aliphatic heterocycles. The number of hydrogen-bond acceptors (Lipinski definition) is 5. The third-order valence-electron chi connectivity index (χ3n) is 1.93. The summed E-state index contributed by atoms with van der Waals surface area (Å²) in [7, 11) is 0. The lowest BCUT2D eigenvalue weighted by molar-refractivity contribution is -0.201. The number of nitrogens with one attached hydrogen (secondary N) is 1. The maximum absolute atomic E-state index is 12.0. The van der Waals surface area contributed by atoms with Crippen LogP contribution in [-0.2, 0) is 6.42 Å². The molecule has 9 heteroatoms. The predicted molar refractivity (Wildman–Crippen MR) is 53.7 cm³/mol. The normalized spacial score (nSPS) is 13.5. The second kappa shape index (κ2) is 5.41. The molecule has 1 atom stereocenters. The molecule has 0 radical (unpaired) electrons. The van der Waals surface area contributed by atoms with Gasteiger partial charge < -0.3 is 10.4 Å². The zero-order valence-corrected chi connectivity index (χ0v) is 9.60. The summed E-state index contributed by atoms with van der Waals surface area (Å²) in [6, 6.07) is 0. The second-order valence-electron chi connectivity index (χ2n) is 3.17. The van der Waals surface area contributed by atoms with Crippen LogP contribution in [0, 0.1) is 0 Å². The molecular weight excluding hydrogens is 259 g/mol. The van der Waals surface area contributed by atoms with E-state index in [1.807, 2.05) is 5.32 Å². The minimum atomic E-state index is -4.74. The van der Waals surface area contributed by atoms with Crippen molar-refractivity contribution in [1.82, 2.24) is 14.9 Å². The molecule has 0 fully saturated rings. The zero-order valence-electron chi connectivity index (χ0n) is 8.78. The Morgan fingerprint density at radius 2 is 2.24 bits per heavy atom. The largest absolute Gasteiger partial charge is 0.416 e. The van der Waals surface area contributed by atoms with Gasteiger partial charge in [0.2, 0.25) is 0 Å². The van der Waals surface area contributed by atoms with Gasteiger partial charge in [0.1, 0.15) is 4.88 Å². The first kappa shape index (κ1) is 13.8. The Bertz CT molecular complexity index is 394. The Labute approximate surface area is 98.8 Å². The molecular formula is C8H10F3N3O2S. The van der Waals surface area contributed by atoms with E-state index < -0.39 is 24.7 Å². The van der Waals surface area contributed by atoms with E-state index in [0.29, 0.717) is 12.1 Å². The van der Waals surface area contributed by atoms with Crippen LogP contribution in [0.3, 0.4) is 0 Å². The molecule has 0 bridgehead atoms. The van der Waals surface area contributed by atoms with Crippen molar-refractivity contribution in [1.29, 1.82) is 0 Å². The van der Waals surface area contributed by atoms with Gasteiger partial charge in [-0.1, -0.05) is 11.4 Å². The molecule has 1 aromatic heterocycles. The van der Waals surface area contributed by atoms with Gasteiger partial charge >= 0.3 is 6.18 Å². The van der Waals surface area contributed by atoms with Crippen molar-refractivity contribution in [2.75, 3.05) is 6.54 Å². The molecule has 17 heavy (non-hydrogen) atoms. The molecule has 5 nitrogen and oxygen atoms in total. The van der Waals surface area contributed by atoms with Crippen molar-refractivity contribution in [2.24, 2.45) is 0 Å². The molecule has 1 unspecified atom stereocenters. The molecule has 1 rings (SSSR count). The predicted octanol–water partition coefficient (Wildman–Crippen LogP) is 0.754. The Morgan fingerprint density at radius 3 is 2.76 bits per heavy atom. The Kier molecular flexibility index (Phi) is 4.40. The van der Waals surface area contributed by atoms with E-state index in [1.165, 1.54) is 0 Å². The summed E-state index contributed by atoms with van der Waals surface area (Å²) < 4.78 is 39.4. The smallest absolute Gasteiger partial charge is 0.382 e. The molecule has 0 aliphatic carbocycles. The van der Waals surface area contributed by atoms with Crippen LogP contribution >= 0.6 is 11.5 Å². The summed E-state index contributed by atoms with van der Waals surface area (Å²) in [5.74, 6) is -0.708. The van der Waals surface area contributed by atoms with Gasteiger partial charge in [-0.15, -0.1) is 5.10 Å². The van der Waals surface area contributed by atoms with Crippen molar-refractivity contribution in [3.8, 4) is 0 Å². The molecule has 0 aliphatic rings. The topological polar surface area (TPSA) is 75.1 Å². The van der Waals surface area contributed by atoms with Crippen molar-refractivity contribution in [2.45, 2.75) is 25.6 Å². The number of carbonyl (C=O) groups excluding carboxylic acids is 1. The van der Waals surface area contributed by atoms with E-state index in [0.717, 1.165) is 11.5 Å². The highest BCUT2D eigenvalue weighted by Crippen LogP contribution is 2.19. The fourth-order valence-corrected chi connectivity index (χ4v) is 1.66. The molecule has 2 N–H and O–H groups in total.